The van der Waals surface area contributed by atoms with Crippen LogP contribution in [0.3, 0.4) is 0 Å². The van der Waals surface area contributed by atoms with Gasteiger partial charge in [-0.05, 0) is 57.4 Å². The van der Waals surface area contributed by atoms with Crippen molar-refractivity contribution in [3.05, 3.63) is 22.8 Å². The third kappa shape index (κ3) is 4.57. The Morgan fingerprint density at radius 2 is 1.79 bits per heavy atom. The Hall–Kier alpha value is -1.40. The average molecular weight is 352 g/mol. The van der Waals surface area contributed by atoms with Gasteiger partial charge in [-0.1, -0.05) is 0 Å². The summed E-state index contributed by atoms with van der Waals surface area (Å²) in [7, 11) is 0. The number of ether oxygens (including phenoxy) is 1. The maximum absolute atomic E-state index is 12.1. The zero-order valence-corrected chi connectivity index (χ0v) is 16.2. The molecule has 2 rings (SSSR count). The maximum Gasteiger partial charge on any atom is 0.410 e. The van der Waals surface area contributed by atoms with E-state index in [0.717, 1.165) is 35.8 Å². The van der Waals surface area contributed by atoms with Crippen molar-refractivity contribution in [3.8, 4) is 0 Å². The Morgan fingerprint density at radius 3 is 2.33 bits per heavy atom. The van der Waals surface area contributed by atoms with Gasteiger partial charge in [-0.25, -0.2) is 4.79 Å². The van der Waals surface area contributed by atoms with Crippen molar-refractivity contribution in [3.63, 3.8) is 0 Å². The first-order valence-corrected chi connectivity index (χ1v) is 8.81. The van der Waals surface area contributed by atoms with Gasteiger partial charge in [0.05, 0.1) is 0 Å². The smallest absolute Gasteiger partial charge is 0.410 e. The zero-order chi connectivity index (χ0) is 18.1. The molecule has 1 aliphatic heterocycles. The van der Waals surface area contributed by atoms with Gasteiger partial charge in [-0.3, -0.25) is 4.90 Å². The monoisotopic (exact) mass is 351 g/mol. The Balaban J connectivity index is 1.96. The fourth-order valence-electron chi connectivity index (χ4n) is 2.79. The maximum atomic E-state index is 12.1. The molecular formula is C18H29N3O2S. The Bertz CT molecular complexity index is 618. The van der Waals surface area contributed by atoms with Gasteiger partial charge < -0.3 is 15.4 Å². The van der Waals surface area contributed by atoms with Crippen LogP contribution in [0, 0.1) is 13.8 Å². The first-order valence-electron chi connectivity index (χ1n) is 8.36. The lowest BCUT2D eigenvalue weighted by atomic mass is 10.0. The van der Waals surface area contributed by atoms with Gasteiger partial charge in [-0.2, -0.15) is 0 Å². The fraction of sp³-hybridized carbons (Fsp3) is 0.611. The largest absolute Gasteiger partial charge is 0.444 e. The van der Waals surface area contributed by atoms with Gasteiger partial charge in [0.1, 0.15) is 5.60 Å². The van der Waals surface area contributed by atoms with E-state index in [0.29, 0.717) is 13.1 Å². The number of piperazine rings is 1. The topological polar surface area (TPSA) is 58.8 Å². The number of benzene rings is 1. The van der Waals surface area contributed by atoms with Crippen LogP contribution in [0.4, 0.5) is 10.5 Å². The molecule has 134 valence electrons. The number of carbonyl (C=O) groups excluding carboxylic acids is 1. The highest BCUT2D eigenvalue weighted by Crippen LogP contribution is 2.28. The van der Waals surface area contributed by atoms with Gasteiger partial charge >= 0.3 is 6.09 Å². The summed E-state index contributed by atoms with van der Waals surface area (Å²) in [5.41, 5.74) is 9.83. The lowest BCUT2D eigenvalue weighted by Gasteiger charge is -2.36. The summed E-state index contributed by atoms with van der Waals surface area (Å²) in [4.78, 5) is 17.2. The summed E-state index contributed by atoms with van der Waals surface area (Å²) in [5.74, 6) is 0. The molecular weight excluding hydrogens is 322 g/mol. The molecule has 1 aromatic carbocycles. The molecule has 0 unspecified atom stereocenters. The molecule has 0 spiro atoms. The van der Waals surface area contributed by atoms with E-state index in [1.54, 1.807) is 4.90 Å². The quantitative estimate of drug-likeness (QED) is 0.634. The van der Waals surface area contributed by atoms with Crippen molar-refractivity contribution in [1.29, 1.82) is 0 Å². The summed E-state index contributed by atoms with van der Waals surface area (Å²) in [6.07, 6.45) is -0.226. The van der Waals surface area contributed by atoms with Gasteiger partial charge in [0.25, 0.3) is 0 Å². The van der Waals surface area contributed by atoms with E-state index in [1.165, 1.54) is 11.1 Å². The number of nitrogen functional groups attached to an aromatic ring is 1. The van der Waals surface area contributed by atoms with Crippen LogP contribution >= 0.6 is 12.6 Å². The molecule has 0 saturated carbocycles. The lowest BCUT2D eigenvalue weighted by Crippen LogP contribution is -2.49. The standard InChI is InChI=1S/C18H29N3O2S/c1-12-14(10-15(19)13(2)16(12)24)11-20-6-8-21(9-7-20)17(22)23-18(3,4)5/h10,24H,6-9,11,19H2,1-5H3. The van der Waals surface area contributed by atoms with Crippen LogP contribution in [0.1, 0.15) is 37.5 Å². The molecule has 0 atom stereocenters. The number of anilines is 1. The van der Waals surface area contributed by atoms with E-state index < -0.39 is 5.60 Å². The molecule has 0 radical (unpaired) electrons. The normalized spacial score (nSPS) is 16.3. The molecule has 1 saturated heterocycles. The summed E-state index contributed by atoms with van der Waals surface area (Å²) in [6.45, 7) is 13.6. The van der Waals surface area contributed by atoms with Gasteiger partial charge in [0.2, 0.25) is 0 Å². The number of thiol groups is 1. The number of carbonyl (C=O) groups is 1. The van der Waals surface area contributed by atoms with Crippen molar-refractivity contribution in [2.75, 3.05) is 31.9 Å². The molecule has 6 heteroatoms. The molecule has 1 fully saturated rings. The van der Waals surface area contributed by atoms with Crippen LogP contribution in [-0.2, 0) is 11.3 Å². The Labute approximate surface area is 150 Å². The van der Waals surface area contributed by atoms with E-state index >= 15 is 0 Å². The highest BCUT2D eigenvalue weighted by molar-refractivity contribution is 7.80. The number of nitrogens with two attached hydrogens (primary N) is 1. The Morgan fingerprint density at radius 1 is 1.21 bits per heavy atom. The number of hydrogen-bond donors (Lipinski definition) is 2. The molecule has 2 N–H and O–H groups in total. The fourth-order valence-corrected chi connectivity index (χ4v) is 3.07. The molecule has 1 amide bonds. The zero-order valence-electron chi connectivity index (χ0n) is 15.3. The molecule has 0 bridgehead atoms. The van der Waals surface area contributed by atoms with Crippen LogP contribution < -0.4 is 5.73 Å². The third-order valence-electron chi connectivity index (χ3n) is 4.37. The molecule has 24 heavy (non-hydrogen) atoms. The summed E-state index contributed by atoms with van der Waals surface area (Å²) >= 11 is 4.58. The van der Waals surface area contributed by atoms with Crippen LogP contribution in [-0.4, -0.2) is 47.7 Å². The predicted molar refractivity (Wildman–Crippen MR) is 101 cm³/mol. The minimum atomic E-state index is -0.451. The van der Waals surface area contributed by atoms with E-state index in [4.69, 9.17) is 10.5 Å². The van der Waals surface area contributed by atoms with Crippen molar-refractivity contribution in [1.82, 2.24) is 9.80 Å². The number of nitrogens with zero attached hydrogens (tertiary/aromatic N) is 2. The van der Waals surface area contributed by atoms with Crippen molar-refractivity contribution in [2.24, 2.45) is 0 Å². The summed E-state index contributed by atoms with van der Waals surface area (Å²) in [6, 6.07) is 2.05. The van der Waals surface area contributed by atoms with Crippen molar-refractivity contribution < 1.29 is 9.53 Å². The Kier molecular flexibility index (Phi) is 5.71. The molecule has 1 aliphatic rings. The van der Waals surface area contributed by atoms with Crippen LogP contribution in [0.2, 0.25) is 0 Å². The first kappa shape index (κ1) is 18.9. The summed E-state index contributed by atoms with van der Waals surface area (Å²) in [5, 5.41) is 0. The molecule has 0 aliphatic carbocycles. The molecule has 1 heterocycles. The minimum absolute atomic E-state index is 0.226. The van der Waals surface area contributed by atoms with Crippen LogP contribution in [0.5, 0.6) is 0 Å². The van der Waals surface area contributed by atoms with E-state index in [2.05, 4.69) is 24.5 Å². The third-order valence-corrected chi connectivity index (χ3v) is 5.04. The van der Waals surface area contributed by atoms with Gasteiger partial charge in [-0.15, -0.1) is 12.6 Å². The van der Waals surface area contributed by atoms with Crippen molar-refractivity contribution >= 4 is 24.4 Å². The van der Waals surface area contributed by atoms with E-state index in [9.17, 15) is 4.79 Å². The van der Waals surface area contributed by atoms with Crippen molar-refractivity contribution in [2.45, 2.75) is 51.7 Å². The van der Waals surface area contributed by atoms with Gasteiger partial charge in [0, 0.05) is 43.3 Å². The van der Waals surface area contributed by atoms with Gasteiger partial charge in [0.15, 0.2) is 0 Å². The number of rotatable bonds is 2. The highest BCUT2D eigenvalue weighted by atomic mass is 32.1. The average Bonchev–Trinajstić information content (AvgIpc) is 2.49. The second kappa shape index (κ2) is 7.23. The molecule has 5 nitrogen and oxygen atoms in total. The second-order valence-corrected chi connectivity index (χ2v) is 7.91. The molecule has 0 aromatic heterocycles. The molecule has 1 aromatic rings. The van der Waals surface area contributed by atoms with E-state index in [1.807, 2.05) is 33.8 Å². The van der Waals surface area contributed by atoms with Crippen LogP contribution in [0.15, 0.2) is 11.0 Å². The lowest BCUT2D eigenvalue weighted by molar-refractivity contribution is 0.0139. The summed E-state index contributed by atoms with van der Waals surface area (Å²) < 4.78 is 5.44. The van der Waals surface area contributed by atoms with Crippen LogP contribution in [0.25, 0.3) is 0 Å². The SMILES string of the molecule is Cc1c(N)cc(CN2CCN(C(=O)OC(C)(C)C)CC2)c(C)c1S. The predicted octanol–water partition coefficient (Wildman–Crippen LogP) is 3.23. The highest BCUT2D eigenvalue weighted by Gasteiger charge is 2.26. The first-order chi connectivity index (χ1) is 11.1. The minimum Gasteiger partial charge on any atom is -0.444 e. The van der Waals surface area contributed by atoms with E-state index in [-0.39, 0.29) is 6.09 Å². The second-order valence-electron chi connectivity index (χ2n) is 7.47. The number of amides is 1. The number of hydrogen-bond acceptors (Lipinski definition) is 5.